The van der Waals surface area contributed by atoms with Gasteiger partial charge in [0.2, 0.25) is 0 Å². The van der Waals surface area contributed by atoms with Gasteiger partial charge in [-0.1, -0.05) is 12.1 Å². The normalized spacial score (nSPS) is 12.8. The first-order valence-electron chi connectivity index (χ1n) is 7.03. The first kappa shape index (κ1) is 17.8. The second-order valence-electron chi connectivity index (χ2n) is 5.31. The molecule has 1 aromatic heterocycles. The Morgan fingerprint density at radius 3 is 2.75 bits per heavy atom. The van der Waals surface area contributed by atoms with Crippen molar-refractivity contribution in [3.05, 3.63) is 36.7 Å². The second kappa shape index (κ2) is 6.91. The number of hydrogen-bond donors (Lipinski definition) is 2. The molecule has 0 radical (unpaired) electrons. The summed E-state index contributed by atoms with van der Waals surface area (Å²) in [6, 6.07) is 6.02. The molecule has 0 saturated heterocycles. The lowest BCUT2D eigenvalue weighted by Gasteiger charge is -2.22. The molecule has 0 spiro atoms. The molecule has 24 heavy (non-hydrogen) atoms. The molecule has 2 aromatic rings. The van der Waals surface area contributed by atoms with Gasteiger partial charge in [-0.25, -0.2) is 9.78 Å². The van der Waals surface area contributed by atoms with Crippen molar-refractivity contribution in [3.8, 4) is 11.4 Å². The van der Waals surface area contributed by atoms with E-state index in [0.29, 0.717) is 11.5 Å². The number of aryl methyl sites for hydroxylation is 1. The van der Waals surface area contributed by atoms with Crippen LogP contribution in [0.25, 0.3) is 11.4 Å². The highest BCUT2D eigenvalue weighted by Gasteiger charge is 2.39. The minimum atomic E-state index is -4.77. The van der Waals surface area contributed by atoms with Crippen LogP contribution in [0.1, 0.15) is 0 Å². The largest absolute Gasteiger partial charge is 0.416 e. The number of imidazole rings is 1. The number of halogens is 3. The van der Waals surface area contributed by atoms with Gasteiger partial charge in [0, 0.05) is 37.7 Å². The molecule has 2 N–H and O–H groups in total. The van der Waals surface area contributed by atoms with E-state index in [1.54, 1.807) is 41.2 Å². The number of carbonyl (C=O) groups excluding carboxylic acids is 1. The number of benzene rings is 1. The van der Waals surface area contributed by atoms with Gasteiger partial charge >= 0.3 is 12.2 Å². The van der Waals surface area contributed by atoms with Crippen molar-refractivity contribution in [2.45, 2.75) is 12.3 Å². The quantitative estimate of drug-likeness (QED) is 0.897. The molecular formula is C15H17F3N4O2. The minimum Gasteiger partial charge on any atom is -0.382 e. The summed E-state index contributed by atoms with van der Waals surface area (Å²) in [6.07, 6.45) is -3.96. The predicted molar refractivity (Wildman–Crippen MR) is 82.4 cm³/mol. The number of aromatic nitrogens is 2. The van der Waals surface area contributed by atoms with Gasteiger partial charge in [-0.2, -0.15) is 13.2 Å². The van der Waals surface area contributed by atoms with Gasteiger partial charge in [-0.15, -0.1) is 0 Å². The van der Waals surface area contributed by atoms with E-state index in [9.17, 15) is 18.0 Å². The van der Waals surface area contributed by atoms with Gasteiger partial charge in [-0.05, 0) is 12.1 Å². The maximum atomic E-state index is 12.3. The molecule has 0 saturated carbocycles. The van der Waals surface area contributed by atoms with Crippen molar-refractivity contribution >= 4 is 11.7 Å². The van der Waals surface area contributed by atoms with E-state index in [1.165, 1.54) is 7.05 Å². The third-order valence-electron chi connectivity index (χ3n) is 3.36. The van der Waals surface area contributed by atoms with Crippen molar-refractivity contribution < 1.29 is 23.1 Å². The molecule has 0 bridgehead atoms. The Labute approximate surface area is 136 Å². The van der Waals surface area contributed by atoms with Crippen molar-refractivity contribution in [1.29, 1.82) is 0 Å². The average molecular weight is 342 g/mol. The zero-order valence-electron chi connectivity index (χ0n) is 13.1. The van der Waals surface area contributed by atoms with Crippen LogP contribution in [-0.4, -0.2) is 51.5 Å². The molecule has 0 aliphatic heterocycles. The van der Waals surface area contributed by atoms with Crippen LogP contribution in [0.2, 0.25) is 0 Å². The molecule has 1 unspecified atom stereocenters. The number of nitrogens with one attached hydrogen (secondary N) is 1. The van der Waals surface area contributed by atoms with Crippen LogP contribution in [0, 0.1) is 0 Å². The number of nitrogens with zero attached hydrogens (tertiary/aromatic N) is 3. The number of hydrogen-bond acceptors (Lipinski definition) is 3. The number of amides is 2. The zero-order chi connectivity index (χ0) is 17.9. The lowest BCUT2D eigenvalue weighted by Crippen LogP contribution is -2.43. The lowest BCUT2D eigenvalue weighted by atomic mass is 10.2. The molecule has 0 fully saturated rings. The Balaban J connectivity index is 2.06. The first-order valence-corrected chi connectivity index (χ1v) is 7.03. The van der Waals surface area contributed by atoms with Crippen LogP contribution >= 0.6 is 0 Å². The highest BCUT2D eigenvalue weighted by Crippen LogP contribution is 2.22. The van der Waals surface area contributed by atoms with E-state index in [2.05, 4.69) is 10.3 Å². The predicted octanol–water partition coefficient (Wildman–Crippen LogP) is 2.47. The van der Waals surface area contributed by atoms with Crippen molar-refractivity contribution in [3.63, 3.8) is 0 Å². The van der Waals surface area contributed by atoms with E-state index < -0.39 is 24.9 Å². The number of carbonyl (C=O) groups is 1. The maximum Gasteiger partial charge on any atom is 0.416 e. The third-order valence-corrected chi connectivity index (χ3v) is 3.36. The van der Waals surface area contributed by atoms with Crippen LogP contribution in [0.4, 0.5) is 23.7 Å². The smallest absolute Gasteiger partial charge is 0.382 e. The fraction of sp³-hybridized carbons (Fsp3) is 0.333. The Morgan fingerprint density at radius 1 is 1.46 bits per heavy atom. The van der Waals surface area contributed by atoms with Crippen molar-refractivity contribution in [2.24, 2.45) is 7.05 Å². The minimum absolute atomic E-state index is 0.411. The van der Waals surface area contributed by atoms with Gasteiger partial charge < -0.3 is 19.9 Å². The highest BCUT2D eigenvalue weighted by molar-refractivity contribution is 5.89. The third kappa shape index (κ3) is 4.25. The molecule has 9 heteroatoms. The van der Waals surface area contributed by atoms with Crippen LogP contribution in [-0.2, 0) is 7.05 Å². The molecule has 1 atom stereocenters. The number of rotatable bonds is 4. The molecule has 6 nitrogen and oxygen atoms in total. The number of likely N-dealkylation sites (N-methyl/N-ethyl adjacent to an activating group) is 1. The van der Waals surface area contributed by atoms with Crippen molar-refractivity contribution in [1.82, 2.24) is 14.5 Å². The molecule has 0 aliphatic carbocycles. The van der Waals surface area contributed by atoms with E-state index in [-0.39, 0.29) is 0 Å². The molecule has 0 aliphatic rings. The van der Waals surface area contributed by atoms with E-state index in [1.807, 2.05) is 7.05 Å². The van der Waals surface area contributed by atoms with E-state index in [4.69, 9.17) is 5.11 Å². The molecular weight excluding hydrogens is 325 g/mol. The van der Waals surface area contributed by atoms with Gasteiger partial charge in [0.25, 0.3) is 0 Å². The standard InChI is InChI=1S/C15H17F3N4O2/c1-21-7-6-19-13(21)10-4-3-5-11(8-10)20-14(24)22(2)9-12(23)15(16,17)18/h3-8,12,23H,9H2,1-2H3,(H,20,24). The summed E-state index contributed by atoms with van der Waals surface area (Å²) in [4.78, 5) is 16.9. The lowest BCUT2D eigenvalue weighted by molar-refractivity contribution is -0.205. The monoisotopic (exact) mass is 342 g/mol. The van der Waals surface area contributed by atoms with Crippen molar-refractivity contribution in [2.75, 3.05) is 18.9 Å². The summed E-state index contributed by atoms with van der Waals surface area (Å²) in [5, 5.41) is 11.5. The number of aliphatic hydroxyl groups is 1. The number of urea groups is 1. The number of anilines is 1. The Morgan fingerprint density at radius 2 is 2.17 bits per heavy atom. The molecule has 2 rings (SSSR count). The molecule has 130 valence electrons. The van der Waals surface area contributed by atoms with Crippen LogP contribution in [0.3, 0.4) is 0 Å². The maximum absolute atomic E-state index is 12.3. The van der Waals surface area contributed by atoms with Gasteiger partial charge in [-0.3, -0.25) is 0 Å². The topological polar surface area (TPSA) is 70.4 Å². The SMILES string of the molecule is CN(CC(O)C(F)(F)F)C(=O)Nc1cccc(-c2nccn2C)c1. The van der Waals surface area contributed by atoms with Gasteiger partial charge in [0.05, 0.1) is 6.54 Å². The molecule has 2 amide bonds. The Bertz CT molecular complexity index is 715. The summed E-state index contributed by atoms with van der Waals surface area (Å²) in [6.45, 7) is -0.853. The van der Waals surface area contributed by atoms with Gasteiger partial charge in [0.15, 0.2) is 6.10 Å². The van der Waals surface area contributed by atoms with E-state index in [0.717, 1.165) is 10.5 Å². The first-order chi connectivity index (χ1) is 11.2. The van der Waals surface area contributed by atoms with Crippen LogP contribution in [0.5, 0.6) is 0 Å². The summed E-state index contributed by atoms with van der Waals surface area (Å²) < 4.78 is 38.8. The summed E-state index contributed by atoms with van der Waals surface area (Å²) in [7, 11) is 2.99. The highest BCUT2D eigenvalue weighted by atomic mass is 19.4. The molecule has 1 heterocycles. The Kier molecular flexibility index (Phi) is 5.13. The number of alkyl halides is 3. The fourth-order valence-electron chi connectivity index (χ4n) is 2.04. The summed E-state index contributed by atoms with van der Waals surface area (Å²) >= 11 is 0. The van der Waals surface area contributed by atoms with Crippen LogP contribution in [0.15, 0.2) is 36.7 Å². The zero-order valence-corrected chi connectivity index (χ0v) is 13.1. The summed E-state index contributed by atoms with van der Waals surface area (Å²) in [5.41, 5.74) is 1.16. The van der Waals surface area contributed by atoms with Crippen LogP contribution < -0.4 is 5.32 Å². The fourth-order valence-corrected chi connectivity index (χ4v) is 2.04. The van der Waals surface area contributed by atoms with Gasteiger partial charge in [0.1, 0.15) is 5.82 Å². The van der Waals surface area contributed by atoms with E-state index >= 15 is 0 Å². The average Bonchev–Trinajstić information content (AvgIpc) is 2.92. The number of aliphatic hydroxyl groups excluding tert-OH is 1. The molecule has 1 aromatic carbocycles. The second-order valence-corrected chi connectivity index (χ2v) is 5.31. The summed E-state index contributed by atoms with van der Waals surface area (Å²) in [5.74, 6) is 0.687. The Hall–Kier alpha value is -2.55.